The highest BCUT2D eigenvalue weighted by molar-refractivity contribution is 7.98. The van der Waals surface area contributed by atoms with Crippen molar-refractivity contribution in [3.8, 4) is 0 Å². The lowest BCUT2D eigenvalue weighted by molar-refractivity contribution is -0.143. The van der Waals surface area contributed by atoms with E-state index < -0.39 is 150 Å². The monoisotopic (exact) mass is 1150 g/mol. The van der Waals surface area contributed by atoms with Crippen LogP contribution in [0.25, 0.3) is 0 Å². The highest BCUT2D eigenvalue weighted by Gasteiger charge is 2.37. The van der Waals surface area contributed by atoms with Crippen LogP contribution in [0, 0.1) is 23.7 Å². The first-order chi connectivity index (χ1) is 37.4. The smallest absolute Gasteiger partial charge is 0.326 e. The highest BCUT2D eigenvalue weighted by Crippen LogP contribution is 2.14. The van der Waals surface area contributed by atoms with Crippen molar-refractivity contribution in [1.29, 1.82) is 0 Å². The second-order valence-corrected chi connectivity index (χ2v) is 22.1. The van der Waals surface area contributed by atoms with Gasteiger partial charge in [0.15, 0.2) is 0 Å². The first-order valence-electron chi connectivity index (χ1n) is 26.8. The van der Waals surface area contributed by atoms with E-state index in [0.717, 1.165) is 0 Å². The van der Waals surface area contributed by atoms with Crippen LogP contribution in [0.2, 0.25) is 0 Å². The summed E-state index contributed by atoms with van der Waals surface area (Å²) in [6.45, 7) is 14.3. The van der Waals surface area contributed by atoms with Crippen molar-refractivity contribution in [2.45, 2.75) is 181 Å². The molecular formula is C53H87N11O15S. The predicted molar refractivity (Wildman–Crippen MR) is 297 cm³/mol. The minimum Gasteiger partial charge on any atom is -0.481 e. The van der Waals surface area contributed by atoms with Gasteiger partial charge in [-0.15, -0.1) is 0 Å². The third-order valence-corrected chi connectivity index (χ3v) is 13.2. The molecule has 10 amide bonds. The van der Waals surface area contributed by atoms with E-state index in [4.69, 9.17) is 11.5 Å². The number of carboxylic acids is 2. The first-order valence-corrected chi connectivity index (χ1v) is 28.2. The van der Waals surface area contributed by atoms with Crippen LogP contribution in [0.3, 0.4) is 0 Å². The molecule has 0 aromatic heterocycles. The van der Waals surface area contributed by atoms with E-state index in [1.807, 2.05) is 0 Å². The fourth-order valence-corrected chi connectivity index (χ4v) is 8.44. The number of hydrogen-bond acceptors (Lipinski definition) is 15. The fraction of sp³-hybridized carbons (Fsp3) is 0.660. The van der Waals surface area contributed by atoms with Crippen LogP contribution in [-0.2, 0) is 64.0 Å². The minimum absolute atomic E-state index is 0.00143. The van der Waals surface area contributed by atoms with Crippen LogP contribution in [0.15, 0.2) is 30.3 Å². The molecule has 0 aliphatic rings. The predicted octanol–water partition coefficient (Wildman–Crippen LogP) is -1.31. The van der Waals surface area contributed by atoms with E-state index in [1.165, 1.54) is 18.7 Å². The summed E-state index contributed by atoms with van der Waals surface area (Å²) in [5, 5.41) is 52.4. The van der Waals surface area contributed by atoms with E-state index in [2.05, 4.69) is 47.9 Å². The molecule has 0 saturated carbocycles. The van der Waals surface area contributed by atoms with Gasteiger partial charge in [0.25, 0.3) is 0 Å². The van der Waals surface area contributed by atoms with Crippen molar-refractivity contribution in [1.82, 2.24) is 47.9 Å². The van der Waals surface area contributed by atoms with Gasteiger partial charge in [-0.25, -0.2) is 4.79 Å². The number of carboxylic acid groups (broad SMARTS) is 2. The molecule has 26 nitrogen and oxygen atoms in total. The molecular weight excluding hydrogens is 1060 g/mol. The summed E-state index contributed by atoms with van der Waals surface area (Å²) in [7, 11) is 0. The number of benzene rings is 1. The molecule has 0 bridgehead atoms. The molecule has 0 aliphatic heterocycles. The molecule has 0 aliphatic carbocycles. The minimum atomic E-state index is -1.79. The van der Waals surface area contributed by atoms with Crippen LogP contribution >= 0.6 is 11.8 Å². The number of thioether (sulfide) groups is 1. The van der Waals surface area contributed by atoms with Gasteiger partial charge in [-0.2, -0.15) is 11.8 Å². The lowest BCUT2D eigenvalue weighted by Gasteiger charge is -2.30. The quantitative estimate of drug-likeness (QED) is 0.0366. The second kappa shape index (κ2) is 36.4. The number of aliphatic hydroxyl groups is 1. The molecule has 80 heavy (non-hydrogen) atoms. The number of hydrogen-bond donors (Lipinski definition) is 14. The number of nitrogens with two attached hydrogens (primary N) is 2. The van der Waals surface area contributed by atoms with E-state index in [-0.39, 0.29) is 62.7 Å². The molecule has 1 aromatic rings. The normalized spacial score (nSPS) is 15.4. The Morgan fingerprint density at radius 3 is 1.50 bits per heavy atom. The zero-order valence-electron chi connectivity index (χ0n) is 47.6. The van der Waals surface area contributed by atoms with Gasteiger partial charge in [0.05, 0.1) is 25.1 Å². The summed E-state index contributed by atoms with van der Waals surface area (Å²) >= 11 is 1.34. The van der Waals surface area contributed by atoms with E-state index >= 15 is 0 Å². The summed E-state index contributed by atoms with van der Waals surface area (Å²) < 4.78 is 0. The van der Waals surface area contributed by atoms with Gasteiger partial charge in [0.2, 0.25) is 59.1 Å². The van der Waals surface area contributed by atoms with Crippen molar-refractivity contribution in [2.75, 3.05) is 18.6 Å². The van der Waals surface area contributed by atoms with Gasteiger partial charge in [-0.3, -0.25) is 52.7 Å². The summed E-state index contributed by atoms with van der Waals surface area (Å²) in [6, 6.07) is -4.04. The number of aliphatic carboxylic acids is 2. The van der Waals surface area contributed by atoms with Crippen LogP contribution in [0.1, 0.15) is 119 Å². The van der Waals surface area contributed by atoms with Gasteiger partial charge < -0.3 is 74.6 Å². The molecule has 450 valence electrons. The number of carbonyl (C=O) groups excluding carboxylic acids is 10. The zero-order valence-corrected chi connectivity index (χ0v) is 48.4. The lowest BCUT2D eigenvalue weighted by atomic mass is 9.96. The molecule has 0 heterocycles. The molecule has 1 aromatic carbocycles. The van der Waals surface area contributed by atoms with E-state index in [0.29, 0.717) is 17.7 Å². The van der Waals surface area contributed by atoms with Crippen molar-refractivity contribution in [3.05, 3.63) is 35.9 Å². The van der Waals surface area contributed by atoms with Crippen molar-refractivity contribution in [2.24, 2.45) is 35.1 Å². The molecule has 1 rings (SSSR count). The number of primary amides is 1. The maximum atomic E-state index is 14.2. The lowest BCUT2D eigenvalue weighted by Crippen LogP contribution is -2.62. The molecule has 0 fully saturated rings. The number of amides is 10. The Bertz CT molecular complexity index is 2250. The average molecular weight is 1150 g/mol. The van der Waals surface area contributed by atoms with E-state index in [9.17, 15) is 72.9 Å². The number of carbonyl (C=O) groups is 12. The van der Waals surface area contributed by atoms with Gasteiger partial charge in [-0.1, -0.05) is 92.1 Å². The molecule has 0 saturated heterocycles. The molecule has 27 heteroatoms. The van der Waals surface area contributed by atoms with Gasteiger partial charge >= 0.3 is 11.9 Å². The van der Waals surface area contributed by atoms with Gasteiger partial charge in [0.1, 0.15) is 48.3 Å². The van der Waals surface area contributed by atoms with Crippen molar-refractivity contribution < 1.29 is 72.9 Å². The SMILES string of the molecule is CC[C@H](C)[C@H](NC(=O)[C@H](CCSC)NC(=O)[C@H](Cc1ccccc1)NC(=O)CNC(=O)[C@H](CC(=O)O)NC(=O)[C@H](CC(C)C)NC(=O)[C@H](CC(C)C)NC(=O)[C@@H](N)CCC(N)=O)C(=O)N[C@H](C(=O)N[C@@H](CC(C)C)C(=O)O)[C@@H](C)O. The Labute approximate surface area is 472 Å². The van der Waals surface area contributed by atoms with Crippen molar-refractivity contribution in [3.63, 3.8) is 0 Å². The number of rotatable bonds is 38. The molecule has 0 spiro atoms. The third kappa shape index (κ3) is 27.3. The Morgan fingerprint density at radius 2 is 1.01 bits per heavy atom. The van der Waals surface area contributed by atoms with Crippen LogP contribution in [-0.4, -0.2) is 165 Å². The summed E-state index contributed by atoms with van der Waals surface area (Å²) in [5.41, 5.74) is 11.7. The summed E-state index contributed by atoms with van der Waals surface area (Å²) in [6.07, 6.45) is -0.548. The Hall–Kier alpha value is -6.87. The first kappa shape index (κ1) is 71.1. The number of aliphatic hydroxyl groups excluding tert-OH is 1. The average Bonchev–Trinajstić information content (AvgIpc) is 3.37. The number of nitrogens with one attached hydrogen (secondary N) is 9. The summed E-state index contributed by atoms with van der Waals surface area (Å²) in [4.78, 5) is 158. The molecule has 16 N–H and O–H groups in total. The van der Waals surface area contributed by atoms with Gasteiger partial charge in [-0.05, 0) is 80.3 Å². The second-order valence-electron chi connectivity index (χ2n) is 21.1. The highest BCUT2D eigenvalue weighted by atomic mass is 32.2. The van der Waals surface area contributed by atoms with E-state index in [1.54, 1.807) is 92.0 Å². The molecule has 0 radical (unpaired) electrons. The standard InChI is InChI=1S/C53H87N11O15S/c1-11-30(8)43(51(76)64-44(31(9)65)52(77)62-39(53(78)79)23-29(6)7)63-47(72)34(19-20-80-10)58-50(75)37(24-32-15-13-12-14-16-32)57-41(67)26-56-46(71)38(25-42(68)69)61-49(74)36(22-28(4)5)60-48(73)35(21-27(2)3)59-45(70)33(54)17-18-40(55)66/h12-16,27-31,33-39,43-44,65H,11,17-26,54H2,1-10H3,(H2,55,66)(H,56,71)(H,57,67)(H,58,75)(H,59,70)(H,60,73)(H,61,74)(H,62,77)(H,63,72)(H,64,76)(H,68,69)(H,78,79)/t30-,31+,33-,34-,35-,36-,37-,38-,39-,43-,44-/m0/s1. The third-order valence-electron chi connectivity index (χ3n) is 12.5. The maximum Gasteiger partial charge on any atom is 0.326 e. The van der Waals surface area contributed by atoms with Crippen LogP contribution in [0.5, 0.6) is 0 Å². The maximum absolute atomic E-state index is 14.2. The Morgan fingerprint density at radius 1 is 0.550 bits per heavy atom. The molecule has 11 atom stereocenters. The zero-order chi connectivity index (χ0) is 61.0. The van der Waals surface area contributed by atoms with Gasteiger partial charge in [0, 0.05) is 12.8 Å². The molecule has 0 unspecified atom stereocenters. The summed E-state index contributed by atoms with van der Waals surface area (Å²) in [5.74, 6) is -12.3. The van der Waals surface area contributed by atoms with Crippen molar-refractivity contribution >= 4 is 82.8 Å². The largest absolute Gasteiger partial charge is 0.481 e. The Kier molecular flexibility index (Phi) is 32.4. The Balaban J connectivity index is 3.40. The van der Waals surface area contributed by atoms with Crippen LogP contribution in [0.4, 0.5) is 0 Å². The van der Waals surface area contributed by atoms with Crippen LogP contribution < -0.4 is 59.3 Å². The fourth-order valence-electron chi connectivity index (χ4n) is 7.97. The topological polar surface area (TPSA) is 426 Å².